The number of rotatable bonds is 4. The van der Waals surface area contributed by atoms with E-state index in [1.165, 1.54) is 4.90 Å². The fourth-order valence-electron chi connectivity index (χ4n) is 4.27. The molecule has 0 aliphatic carbocycles. The summed E-state index contributed by atoms with van der Waals surface area (Å²) in [5, 5.41) is 11.2. The van der Waals surface area contributed by atoms with E-state index in [2.05, 4.69) is 20.8 Å². The second-order valence-corrected chi connectivity index (χ2v) is 9.57. The van der Waals surface area contributed by atoms with Crippen LogP contribution in [-0.4, -0.2) is 23.9 Å². The first-order valence-electron chi connectivity index (χ1n) is 11.2. The van der Waals surface area contributed by atoms with Crippen LogP contribution in [-0.2, 0) is 15.0 Å². The van der Waals surface area contributed by atoms with Gasteiger partial charge < -0.3 is 9.84 Å². The van der Waals surface area contributed by atoms with Crippen LogP contribution in [0.3, 0.4) is 0 Å². The molecule has 1 aliphatic rings. The minimum absolute atomic E-state index is 0.0400. The van der Waals surface area contributed by atoms with Gasteiger partial charge in [-0.3, -0.25) is 14.5 Å². The number of carbonyl (C=O) groups is 2. The van der Waals surface area contributed by atoms with Crippen molar-refractivity contribution in [1.82, 2.24) is 0 Å². The number of Topliss-reactive ketones (excluding diaryl/α,β-unsaturated/α-hetero) is 1. The number of aliphatic hydroxyl groups excluding tert-OH is 1. The molecular formula is C29H29NO4. The molecule has 174 valence electrons. The fraction of sp³-hybridized carbons (Fsp3) is 0.241. The van der Waals surface area contributed by atoms with E-state index in [4.69, 9.17) is 4.74 Å². The standard InChI is InChI=1S/C29H29NO4/c1-18-10-12-19(13-11-18)26(31)24-25(22-8-6-7-9-23(22)34-5)30(28(33)27(24)32)21-16-14-20(15-17-21)29(2,3)4/h6-17,25,31H,1-5H3/b26-24+. The summed E-state index contributed by atoms with van der Waals surface area (Å²) >= 11 is 0. The number of benzene rings is 3. The Balaban J connectivity index is 1.94. The van der Waals surface area contributed by atoms with Crippen LogP contribution in [0.4, 0.5) is 5.69 Å². The van der Waals surface area contributed by atoms with Crippen molar-refractivity contribution >= 4 is 23.1 Å². The lowest BCUT2D eigenvalue weighted by Gasteiger charge is -2.27. The van der Waals surface area contributed by atoms with Crippen LogP contribution in [0.1, 0.15) is 49.1 Å². The van der Waals surface area contributed by atoms with Gasteiger partial charge in [-0.15, -0.1) is 0 Å². The average molecular weight is 456 g/mol. The zero-order valence-electron chi connectivity index (χ0n) is 20.1. The Labute approximate surface area is 200 Å². The number of hydrogen-bond acceptors (Lipinski definition) is 4. The first-order valence-corrected chi connectivity index (χ1v) is 11.2. The minimum Gasteiger partial charge on any atom is -0.507 e. The summed E-state index contributed by atoms with van der Waals surface area (Å²) in [4.78, 5) is 28.1. The Morgan fingerprint density at radius 1 is 0.912 bits per heavy atom. The van der Waals surface area contributed by atoms with Gasteiger partial charge in [0.15, 0.2) is 0 Å². The highest BCUT2D eigenvalue weighted by atomic mass is 16.5. The molecule has 1 saturated heterocycles. The Morgan fingerprint density at radius 2 is 1.53 bits per heavy atom. The molecular weight excluding hydrogens is 426 g/mol. The number of methoxy groups -OCH3 is 1. The van der Waals surface area contributed by atoms with Crippen molar-refractivity contribution in [2.45, 2.75) is 39.2 Å². The Hall–Kier alpha value is -3.86. The van der Waals surface area contributed by atoms with Crippen LogP contribution in [0, 0.1) is 6.92 Å². The Kier molecular flexibility index (Phi) is 6.05. The zero-order valence-corrected chi connectivity index (χ0v) is 20.1. The van der Waals surface area contributed by atoms with Gasteiger partial charge in [-0.2, -0.15) is 0 Å². The molecule has 1 atom stereocenters. The van der Waals surface area contributed by atoms with E-state index in [1.807, 2.05) is 61.5 Å². The van der Waals surface area contributed by atoms with E-state index in [9.17, 15) is 14.7 Å². The first kappa shape index (κ1) is 23.3. The van der Waals surface area contributed by atoms with Gasteiger partial charge >= 0.3 is 0 Å². The summed E-state index contributed by atoms with van der Waals surface area (Å²) in [7, 11) is 1.54. The molecule has 5 heteroatoms. The highest BCUT2D eigenvalue weighted by molar-refractivity contribution is 6.51. The SMILES string of the molecule is COc1ccccc1C1/C(=C(\O)c2ccc(C)cc2)C(=O)C(=O)N1c1ccc(C(C)(C)C)cc1. The second kappa shape index (κ2) is 8.82. The number of carbonyl (C=O) groups excluding carboxylic acids is 2. The number of aryl methyl sites for hydroxylation is 1. The normalized spacial score (nSPS) is 17.8. The molecule has 1 amide bonds. The van der Waals surface area contributed by atoms with Crippen molar-refractivity contribution in [3.8, 4) is 5.75 Å². The van der Waals surface area contributed by atoms with Gasteiger partial charge in [0.2, 0.25) is 0 Å². The predicted molar refractivity (Wildman–Crippen MR) is 134 cm³/mol. The van der Waals surface area contributed by atoms with E-state index in [0.717, 1.165) is 11.1 Å². The van der Waals surface area contributed by atoms with Gasteiger partial charge in [-0.05, 0) is 36.1 Å². The van der Waals surface area contributed by atoms with Crippen LogP contribution in [0.15, 0.2) is 78.4 Å². The van der Waals surface area contributed by atoms with Gasteiger partial charge in [-0.1, -0.05) is 80.9 Å². The average Bonchev–Trinajstić information content (AvgIpc) is 3.09. The third-order valence-corrected chi connectivity index (χ3v) is 6.21. The maximum absolute atomic E-state index is 13.4. The molecule has 1 unspecified atom stereocenters. The monoisotopic (exact) mass is 455 g/mol. The maximum Gasteiger partial charge on any atom is 0.300 e. The second-order valence-electron chi connectivity index (χ2n) is 9.57. The van der Waals surface area contributed by atoms with Crippen molar-refractivity contribution in [2.75, 3.05) is 12.0 Å². The molecule has 0 spiro atoms. The summed E-state index contributed by atoms with van der Waals surface area (Å²) in [5.41, 5.74) is 3.80. The van der Waals surface area contributed by atoms with E-state index in [-0.39, 0.29) is 16.7 Å². The van der Waals surface area contributed by atoms with Gasteiger partial charge in [-0.25, -0.2) is 0 Å². The molecule has 4 rings (SSSR count). The quantitative estimate of drug-likeness (QED) is 0.301. The molecule has 1 fully saturated rings. The molecule has 3 aromatic rings. The number of ketones is 1. The summed E-state index contributed by atoms with van der Waals surface area (Å²) in [5.74, 6) is -1.09. The zero-order chi connectivity index (χ0) is 24.6. The van der Waals surface area contributed by atoms with E-state index < -0.39 is 17.7 Å². The maximum atomic E-state index is 13.4. The molecule has 3 aromatic carbocycles. The van der Waals surface area contributed by atoms with Crippen LogP contribution < -0.4 is 9.64 Å². The number of anilines is 1. The number of amides is 1. The fourth-order valence-corrected chi connectivity index (χ4v) is 4.27. The number of nitrogens with zero attached hydrogens (tertiary/aromatic N) is 1. The molecule has 0 aromatic heterocycles. The lowest BCUT2D eigenvalue weighted by atomic mass is 9.87. The lowest BCUT2D eigenvalue weighted by molar-refractivity contribution is -0.132. The highest BCUT2D eigenvalue weighted by Crippen LogP contribution is 2.45. The molecule has 5 nitrogen and oxygen atoms in total. The van der Waals surface area contributed by atoms with Crippen LogP contribution in [0.25, 0.3) is 5.76 Å². The van der Waals surface area contributed by atoms with Crippen molar-refractivity contribution in [3.05, 3.63) is 101 Å². The van der Waals surface area contributed by atoms with Crippen LogP contribution in [0.2, 0.25) is 0 Å². The van der Waals surface area contributed by atoms with E-state index >= 15 is 0 Å². The van der Waals surface area contributed by atoms with Crippen molar-refractivity contribution < 1.29 is 19.4 Å². The smallest absolute Gasteiger partial charge is 0.300 e. The highest BCUT2D eigenvalue weighted by Gasteiger charge is 2.47. The third-order valence-electron chi connectivity index (χ3n) is 6.21. The summed E-state index contributed by atoms with van der Waals surface area (Å²) in [6, 6.07) is 21.2. The van der Waals surface area contributed by atoms with E-state index in [1.54, 1.807) is 25.3 Å². The predicted octanol–water partition coefficient (Wildman–Crippen LogP) is 5.93. The largest absolute Gasteiger partial charge is 0.507 e. The van der Waals surface area contributed by atoms with Crippen molar-refractivity contribution in [2.24, 2.45) is 0 Å². The van der Waals surface area contributed by atoms with Crippen molar-refractivity contribution in [1.29, 1.82) is 0 Å². The molecule has 1 heterocycles. The minimum atomic E-state index is -0.835. The van der Waals surface area contributed by atoms with Gasteiger partial charge in [0.1, 0.15) is 11.5 Å². The van der Waals surface area contributed by atoms with E-state index in [0.29, 0.717) is 22.6 Å². The summed E-state index contributed by atoms with van der Waals surface area (Å²) in [6.07, 6.45) is 0. The lowest BCUT2D eigenvalue weighted by Crippen LogP contribution is -2.29. The van der Waals surface area contributed by atoms with Crippen molar-refractivity contribution in [3.63, 3.8) is 0 Å². The number of hydrogen-bond donors (Lipinski definition) is 1. The molecule has 0 radical (unpaired) electrons. The summed E-state index contributed by atoms with van der Waals surface area (Å²) < 4.78 is 5.57. The Morgan fingerprint density at radius 3 is 2.12 bits per heavy atom. The summed E-state index contributed by atoms with van der Waals surface area (Å²) in [6.45, 7) is 8.29. The molecule has 1 aliphatic heterocycles. The number of para-hydroxylation sites is 1. The molecule has 34 heavy (non-hydrogen) atoms. The van der Waals surface area contributed by atoms with Crippen LogP contribution in [0.5, 0.6) is 5.75 Å². The van der Waals surface area contributed by atoms with Crippen LogP contribution >= 0.6 is 0 Å². The first-order chi connectivity index (χ1) is 16.1. The molecule has 0 saturated carbocycles. The van der Waals surface area contributed by atoms with Gasteiger partial charge in [0, 0.05) is 16.8 Å². The van der Waals surface area contributed by atoms with Gasteiger partial charge in [0.05, 0.1) is 18.7 Å². The topological polar surface area (TPSA) is 66.8 Å². The Bertz CT molecular complexity index is 1260. The third kappa shape index (κ3) is 4.10. The van der Waals surface area contributed by atoms with Gasteiger partial charge in [0.25, 0.3) is 11.7 Å². The molecule has 0 bridgehead atoms. The number of aliphatic hydroxyl groups is 1. The number of ether oxygens (including phenoxy) is 1. The molecule has 1 N–H and O–H groups in total.